The van der Waals surface area contributed by atoms with E-state index in [4.69, 9.17) is 16.3 Å². The first kappa shape index (κ1) is 17.7. The average molecular weight is 361 g/mol. The number of carboxylic acids is 1. The molecular formula is C19H21ClN2O3. The third-order valence-corrected chi connectivity index (χ3v) is 4.84. The van der Waals surface area contributed by atoms with Crippen molar-refractivity contribution in [2.24, 2.45) is 5.41 Å². The molecule has 0 spiro atoms. The Morgan fingerprint density at radius 1 is 1.44 bits per heavy atom. The Morgan fingerprint density at radius 2 is 2.28 bits per heavy atom. The first-order valence-electron chi connectivity index (χ1n) is 8.22. The van der Waals surface area contributed by atoms with E-state index in [0.29, 0.717) is 31.1 Å². The lowest BCUT2D eigenvalue weighted by molar-refractivity contribution is -0.147. The highest BCUT2D eigenvalue weighted by molar-refractivity contribution is 6.30. The summed E-state index contributed by atoms with van der Waals surface area (Å²) in [6.45, 7) is 4.11. The Labute approximate surface area is 152 Å². The molecular weight excluding hydrogens is 340 g/mol. The minimum Gasteiger partial charge on any atom is -0.489 e. The molecule has 0 amide bonds. The summed E-state index contributed by atoms with van der Waals surface area (Å²) in [6.07, 6.45) is 4.15. The fourth-order valence-electron chi connectivity index (χ4n) is 3.06. The van der Waals surface area contributed by atoms with Crippen molar-refractivity contribution in [1.82, 2.24) is 9.88 Å². The number of hydrogen-bond donors (Lipinski definition) is 1. The zero-order valence-corrected chi connectivity index (χ0v) is 14.9. The van der Waals surface area contributed by atoms with Gasteiger partial charge < -0.3 is 9.84 Å². The van der Waals surface area contributed by atoms with Gasteiger partial charge in [-0.1, -0.05) is 17.7 Å². The molecule has 0 radical (unpaired) electrons. The lowest BCUT2D eigenvalue weighted by Crippen LogP contribution is -2.31. The zero-order valence-electron chi connectivity index (χ0n) is 14.1. The maximum atomic E-state index is 11.4. The van der Waals surface area contributed by atoms with Gasteiger partial charge in [-0.15, -0.1) is 0 Å². The predicted octanol–water partition coefficient (Wildman–Crippen LogP) is 3.61. The topological polar surface area (TPSA) is 62.7 Å². The fourth-order valence-corrected chi connectivity index (χ4v) is 3.26. The second-order valence-corrected chi connectivity index (χ2v) is 7.16. The van der Waals surface area contributed by atoms with Gasteiger partial charge in [0.1, 0.15) is 12.4 Å². The summed E-state index contributed by atoms with van der Waals surface area (Å²) in [6, 6.07) is 9.38. The molecule has 1 aliphatic heterocycles. The molecule has 25 heavy (non-hydrogen) atoms. The van der Waals surface area contributed by atoms with E-state index in [1.54, 1.807) is 25.4 Å². The first-order valence-corrected chi connectivity index (χ1v) is 8.60. The van der Waals surface area contributed by atoms with E-state index in [2.05, 4.69) is 9.88 Å². The van der Waals surface area contributed by atoms with Gasteiger partial charge in [0.2, 0.25) is 0 Å². The Morgan fingerprint density at radius 3 is 2.96 bits per heavy atom. The number of ether oxygens (including phenoxy) is 1. The monoisotopic (exact) mass is 360 g/mol. The van der Waals surface area contributed by atoms with Crippen LogP contribution < -0.4 is 4.74 Å². The number of carboxylic acid groups (broad SMARTS) is 1. The molecule has 1 unspecified atom stereocenters. The van der Waals surface area contributed by atoms with Gasteiger partial charge in [0.25, 0.3) is 0 Å². The van der Waals surface area contributed by atoms with Gasteiger partial charge in [0.15, 0.2) is 0 Å². The molecule has 6 heteroatoms. The van der Waals surface area contributed by atoms with Crippen molar-refractivity contribution in [3.63, 3.8) is 0 Å². The van der Waals surface area contributed by atoms with E-state index in [9.17, 15) is 9.90 Å². The summed E-state index contributed by atoms with van der Waals surface area (Å²) in [5.41, 5.74) is 1.27. The van der Waals surface area contributed by atoms with Crippen molar-refractivity contribution in [3.05, 3.63) is 58.9 Å². The largest absolute Gasteiger partial charge is 0.489 e. The van der Waals surface area contributed by atoms with Crippen molar-refractivity contribution < 1.29 is 14.6 Å². The fraction of sp³-hybridized carbons (Fsp3) is 0.368. The third kappa shape index (κ3) is 4.30. The molecule has 1 fully saturated rings. The Bertz CT molecular complexity index is 754. The number of halogens is 1. The standard InChI is InChI=1S/C19H21ClN2O3/c1-19(18(23)24)6-8-22(13-19)11-15-9-16(20)4-5-17(15)25-12-14-3-2-7-21-10-14/h2-5,7,9-10H,6,8,11-13H2,1H3,(H,23,24). The maximum absolute atomic E-state index is 11.4. The van der Waals surface area contributed by atoms with Crippen molar-refractivity contribution in [1.29, 1.82) is 0 Å². The molecule has 132 valence electrons. The number of carbonyl (C=O) groups is 1. The quantitative estimate of drug-likeness (QED) is 0.852. The number of rotatable bonds is 6. The van der Waals surface area contributed by atoms with Crippen molar-refractivity contribution in [2.75, 3.05) is 13.1 Å². The van der Waals surface area contributed by atoms with Crippen LogP contribution in [-0.4, -0.2) is 34.0 Å². The van der Waals surface area contributed by atoms with Crippen LogP contribution in [0.2, 0.25) is 5.02 Å². The second kappa shape index (κ2) is 7.42. The van der Waals surface area contributed by atoms with Crippen LogP contribution in [0.3, 0.4) is 0 Å². The molecule has 1 aromatic heterocycles. The summed E-state index contributed by atoms with van der Waals surface area (Å²) in [5.74, 6) is 0.0197. The summed E-state index contributed by atoms with van der Waals surface area (Å²) < 4.78 is 5.95. The lowest BCUT2D eigenvalue weighted by atomic mass is 9.90. The van der Waals surface area contributed by atoms with Crippen LogP contribution in [-0.2, 0) is 17.9 Å². The first-order chi connectivity index (χ1) is 12.0. The van der Waals surface area contributed by atoms with Gasteiger partial charge in [-0.25, -0.2) is 0 Å². The van der Waals surface area contributed by atoms with Gasteiger partial charge in [0.05, 0.1) is 5.41 Å². The zero-order chi connectivity index (χ0) is 17.9. The number of likely N-dealkylation sites (tertiary alicyclic amines) is 1. The average Bonchev–Trinajstić information content (AvgIpc) is 2.97. The number of hydrogen-bond acceptors (Lipinski definition) is 4. The molecule has 1 aliphatic rings. The van der Waals surface area contributed by atoms with Crippen molar-refractivity contribution >= 4 is 17.6 Å². The predicted molar refractivity (Wildman–Crippen MR) is 95.7 cm³/mol. The molecule has 0 aliphatic carbocycles. The van der Waals surface area contributed by atoms with Gasteiger partial charge in [-0.3, -0.25) is 14.7 Å². The third-order valence-electron chi connectivity index (χ3n) is 4.60. The number of aliphatic carboxylic acids is 1. The summed E-state index contributed by atoms with van der Waals surface area (Å²) >= 11 is 6.15. The van der Waals surface area contributed by atoms with Crippen LogP contribution in [0, 0.1) is 5.41 Å². The highest BCUT2D eigenvalue weighted by Gasteiger charge is 2.40. The van der Waals surface area contributed by atoms with E-state index >= 15 is 0 Å². The normalized spacial score (nSPS) is 20.6. The van der Waals surface area contributed by atoms with Crippen LogP contribution in [0.5, 0.6) is 5.75 Å². The number of benzene rings is 1. The molecule has 1 saturated heterocycles. The van der Waals surface area contributed by atoms with Gasteiger partial charge in [-0.05, 0) is 44.2 Å². The molecule has 0 saturated carbocycles. The molecule has 1 aromatic carbocycles. The molecule has 1 atom stereocenters. The van der Waals surface area contributed by atoms with E-state index in [0.717, 1.165) is 23.4 Å². The minimum atomic E-state index is -0.742. The van der Waals surface area contributed by atoms with Gasteiger partial charge in [-0.2, -0.15) is 0 Å². The second-order valence-electron chi connectivity index (χ2n) is 6.73. The summed E-state index contributed by atoms with van der Waals surface area (Å²) in [5, 5.41) is 10.0. The van der Waals surface area contributed by atoms with Crippen LogP contribution in [0.15, 0.2) is 42.7 Å². The van der Waals surface area contributed by atoms with Crippen molar-refractivity contribution in [2.45, 2.75) is 26.5 Å². The van der Waals surface area contributed by atoms with Gasteiger partial charge in [0, 0.05) is 41.6 Å². The number of pyridine rings is 1. The molecule has 2 heterocycles. The smallest absolute Gasteiger partial charge is 0.310 e. The lowest BCUT2D eigenvalue weighted by Gasteiger charge is -2.21. The Kier molecular flexibility index (Phi) is 5.25. The molecule has 0 bridgehead atoms. The molecule has 2 aromatic rings. The molecule has 1 N–H and O–H groups in total. The van der Waals surface area contributed by atoms with Crippen LogP contribution >= 0.6 is 11.6 Å². The number of nitrogens with zero attached hydrogens (tertiary/aromatic N) is 2. The molecule has 5 nitrogen and oxygen atoms in total. The van der Waals surface area contributed by atoms with Crippen LogP contribution in [0.25, 0.3) is 0 Å². The Hall–Kier alpha value is -2.11. The molecule has 3 rings (SSSR count). The van der Waals surface area contributed by atoms with Crippen LogP contribution in [0.1, 0.15) is 24.5 Å². The highest BCUT2D eigenvalue weighted by atomic mass is 35.5. The van der Waals surface area contributed by atoms with E-state index < -0.39 is 11.4 Å². The van der Waals surface area contributed by atoms with E-state index in [1.807, 2.05) is 24.3 Å². The van der Waals surface area contributed by atoms with E-state index in [-0.39, 0.29) is 0 Å². The number of aromatic nitrogens is 1. The Balaban J connectivity index is 1.70. The minimum absolute atomic E-state index is 0.426. The highest BCUT2D eigenvalue weighted by Crippen LogP contribution is 2.33. The van der Waals surface area contributed by atoms with Crippen LogP contribution in [0.4, 0.5) is 0 Å². The van der Waals surface area contributed by atoms with Crippen molar-refractivity contribution in [3.8, 4) is 5.75 Å². The summed E-state index contributed by atoms with van der Waals surface area (Å²) in [4.78, 5) is 17.6. The maximum Gasteiger partial charge on any atom is 0.310 e. The summed E-state index contributed by atoms with van der Waals surface area (Å²) in [7, 11) is 0. The van der Waals surface area contributed by atoms with Gasteiger partial charge >= 0.3 is 5.97 Å². The SMILES string of the molecule is CC1(C(=O)O)CCN(Cc2cc(Cl)ccc2OCc2cccnc2)C1. The van der Waals surface area contributed by atoms with E-state index in [1.165, 1.54) is 0 Å².